The number of carbonyl (C=O) groups is 2. The van der Waals surface area contributed by atoms with Crippen LogP contribution in [0.25, 0.3) is 22.0 Å². The van der Waals surface area contributed by atoms with Crippen molar-refractivity contribution in [2.75, 3.05) is 20.1 Å². The number of aromatic nitrogens is 1. The van der Waals surface area contributed by atoms with E-state index in [-0.39, 0.29) is 11.8 Å². The first kappa shape index (κ1) is 17.9. The molecule has 29 heavy (non-hydrogen) atoms. The minimum atomic E-state index is 0.0759. The number of amides is 2. The Balaban J connectivity index is 1.52. The van der Waals surface area contributed by atoms with E-state index < -0.39 is 0 Å². The molecule has 0 radical (unpaired) electrons. The van der Waals surface area contributed by atoms with E-state index in [2.05, 4.69) is 11.1 Å². The molecule has 2 aliphatic heterocycles. The van der Waals surface area contributed by atoms with E-state index in [1.54, 1.807) is 11.1 Å². The Hall–Kier alpha value is -3.21. The summed E-state index contributed by atoms with van der Waals surface area (Å²) in [5, 5.41) is 1.01. The lowest BCUT2D eigenvalue weighted by Crippen LogP contribution is -2.35. The van der Waals surface area contributed by atoms with Crippen LogP contribution in [-0.4, -0.2) is 46.7 Å². The zero-order valence-electron chi connectivity index (χ0n) is 16.5. The number of hydrogen-bond donors (Lipinski definition) is 0. The highest BCUT2D eigenvalue weighted by atomic mass is 16.2. The molecule has 5 heteroatoms. The van der Waals surface area contributed by atoms with Crippen LogP contribution in [0.3, 0.4) is 0 Å². The highest BCUT2D eigenvalue weighted by Crippen LogP contribution is 2.32. The predicted octanol–water partition coefficient (Wildman–Crippen LogP) is 4.11. The molecule has 146 valence electrons. The van der Waals surface area contributed by atoms with Crippen LogP contribution >= 0.6 is 0 Å². The first-order valence-electron chi connectivity index (χ1n) is 10.2. The van der Waals surface area contributed by atoms with Crippen LogP contribution in [0.1, 0.15) is 45.5 Å². The monoisotopic (exact) mass is 385 g/mol. The second kappa shape index (κ2) is 6.99. The number of nitrogens with zero attached hydrogens (tertiary/aromatic N) is 3. The van der Waals surface area contributed by atoms with E-state index >= 15 is 0 Å². The van der Waals surface area contributed by atoms with Gasteiger partial charge in [0.25, 0.3) is 11.8 Å². The summed E-state index contributed by atoms with van der Waals surface area (Å²) in [5.74, 6) is 0.171. The predicted molar refractivity (Wildman–Crippen MR) is 113 cm³/mol. The Kier molecular flexibility index (Phi) is 4.31. The fourth-order valence-corrected chi connectivity index (χ4v) is 4.45. The first-order chi connectivity index (χ1) is 14.1. The maximum Gasteiger partial charge on any atom is 0.254 e. The molecule has 0 saturated carbocycles. The van der Waals surface area contributed by atoms with Crippen molar-refractivity contribution in [1.29, 1.82) is 0 Å². The van der Waals surface area contributed by atoms with Gasteiger partial charge in [0.1, 0.15) is 0 Å². The molecule has 0 unspecified atom stereocenters. The molecule has 2 aliphatic rings. The third-order valence-corrected chi connectivity index (χ3v) is 6.03. The number of fused-ring (bicyclic) bond motifs is 2. The zero-order chi connectivity index (χ0) is 20.0. The molecule has 1 fully saturated rings. The third-order valence-electron chi connectivity index (χ3n) is 6.03. The quantitative estimate of drug-likeness (QED) is 0.667. The number of carbonyl (C=O) groups excluding carboxylic acids is 2. The van der Waals surface area contributed by atoms with Crippen LogP contribution in [0.4, 0.5) is 0 Å². The van der Waals surface area contributed by atoms with Crippen LogP contribution in [0.2, 0.25) is 0 Å². The third kappa shape index (κ3) is 3.07. The standard InChI is InChI=1S/C24H23N3O2/c1-26-15-18-13-16(5-7-20(18)24(26)29)19-9-10-25-22-14-17(6-8-21(19)22)23(28)27-11-3-2-4-12-27/h5-10,13-14H,2-4,11-12,15H2,1H3. The maximum absolute atomic E-state index is 12.8. The number of benzene rings is 2. The molecule has 2 amide bonds. The molecule has 5 rings (SSSR count). The topological polar surface area (TPSA) is 53.5 Å². The summed E-state index contributed by atoms with van der Waals surface area (Å²) in [6.45, 7) is 2.32. The second-order valence-electron chi connectivity index (χ2n) is 7.98. The van der Waals surface area contributed by atoms with E-state index in [1.807, 2.05) is 48.3 Å². The van der Waals surface area contributed by atoms with Crippen LogP contribution in [0.15, 0.2) is 48.7 Å². The van der Waals surface area contributed by atoms with Crippen LogP contribution in [-0.2, 0) is 6.54 Å². The largest absolute Gasteiger partial charge is 0.339 e. The Morgan fingerprint density at radius 1 is 0.966 bits per heavy atom. The molecule has 0 N–H and O–H groups in total. The number of piperidine rings is 1. The molecule has 0 bridgehead atoms. The highest BCUT2D eigenvalue weighted by molar-refractivity contribution is 6.02. The molecule has 3 heterocycles. The molecular weight excluding hydrogens is 362 g/mol. The van der Waals surface area contributed by atoms with Gasteiger partial charge in [-0.2, -0.15) is 0 Å². The SMILES string of the molecule is CN1Cc2cc(-c3ccnc4cc(C(=O)N5CCCCC5)ccc34)ccc2C1=O. The van der Waals surface area contributed by atoms with Crippen LogP contribution in [0.5, 0.6) is 0 Å². The van der Waals surface area contributed by atoms with E-state index in [1.165, 1.54) is 6.42 Å². The van der Waals surface area contributed by atoms with Crippen molar-refractivity contribution in [2.45, 2.75) is 25.8 Å². The summed E-state index contributed by atoms with van der Waals surface area (Å²) in [6, 6.07) is 13.8. The average Bonchev–Trinajstić information content (AvgIpc) is 3.06. The summed E-state index contributed by atoms with van der Waals surface area (Å²) in [6.07, 6.45) is 5.15. The van der Waals surface area contributed by atoms with Gasteiger partial charge in [-0.15, -0.1) is 0 Å². The minimum Gasteiger partial charge on any atom is -0.339 e. The van der Waals surface area contributed by atoms with Crippen molar-refractivity contribution >= 4 is 22.7 Å². The molecular formula is C24H23N3O2. The van der Waals surface area contributed by atoms with Gasteiger partial charge in [-0.3, -0.25) is 14.6 Å². The lowest BCUT2D eigenvalue weighted by molar-refractivity contribution is 0.0724. The Labute approximate surface area is 170 Å². The fraction of sp³-hybridized carbons (Fsp3) is 0.292. The van der Waals surface area contributed by atoms with Crippen molar-refractivity contribution in [3.8, 4) is 11.1 Å². The summed E-state index contributed by atoms with van der Waals surface area (Å²) in [7, 11) is 1.82. The number of hydrogen-bond acceptors (Lipinski definition) is 3. The van der Waals surface area contributed by atoms with E-state index in [0.717, 1.165) is 59.1 Å². The van der Waals surface area contributed by atoms with Crippen molar-refractivity contribution < 1.29 is 9.59 Å². The van der Waals surface area contributed by atoms with Gasteiger partial charge in [0, 0.05) is 49.4 Å². The normalized spacial score (nSPS) is 16.4. The highest BCUT2D eigenvalue weighted by Gasteiger charge is 2.24. The van der Waals surface area contributed by atoms with Crippen LogP contribution < -0.4 is 0 Å². The van der Waals surface area contributed by atoms with Crippen LogP contribution in [0, 0.1) is 0 Å². The van der Waals surface area contributed by atoms with Gasteiger partial charge >= 0.3 is 0 Å². The van der Waals surface area contributed by atoms with E-state index in [4.69, 9.17) is 0 Å². The lowest BCUT2D eigenvalue weighted by atomic mass is 9.97. The summed E-state index contributed by atoms with van der Waals surface area (Å²) in [5.41, 5.74) is 5.48. The minimum absolute atomic E-state index is 0.0759. The molecule has 0 aliphatic carbocycles. The van der Waals surface area contributed by atoms with Gasteiger partial charge in [0.15, 0.2) is 0 Å². The molecule has 5 nitrogen and oxygen atoms in total. The molecule has 3 aromatic rings. The molecule has 0 atom stereocenters. The van der Waals surface area contributed by atoms with Gasteiger partial charge < -0.3 is 9.80 Å². The Morgan fingerprint density at radius 2 is 1.79 bits per heavy atom. The number of rotatable bonds is 2. The van der Waals surface area contributed by atoms with E-state index in [0.29, 0.717) is 12.1 Å². The van der Waals surface area contributed by atoms with Gasteiger partial charge in [0.2, 0.25) is 0 Å². The smallest absolute Gasteiger partial charge is 0.254 e. The first-order valence-corrected chi connectivity index (χ1v) is 10.2. The van der Waals surface area contributed by atoms with Crippen molar-refractivity contribution in [1.82, 2.24) is 14.8 Å². The van der Waals surface area contributed by atoms with Gasteiger partial charge in [0.05, 0.1) is 5.52 Å². The summed E-state index contributed by atoms with van der Waals surface area (Å²) >= 11 is 0. The number of pyridine rings is 1. The van der Waals surface area contributed by atoms with Crippen molar-refractivity contribution in [3.05, 3.63) is 65.4 Å². The Bertz CT molecular complexity index is 1130. The van der Waals surface area contributed by atoms with Gasteiger partial charge in [-0.1, -0.05) is 12.1 Å². The maximum atomic E-state index is 12.8. The van der Waals surface area contributed by atoms with Crippen molar-refractivity contribution in [2.24, 2.45) is 0 Å². The average molecular weight is 385 g/mol. The van der Waals surface area contributed by atoms with Gasteiger partial charge in [-0.25, -0.2) is 0 Å². The Morgan fingerprint density at radius 3 is 2.62 bits per heavy atom. The molecule has 1 saturated heterocycles. The zero-order valence-corrected chi connectivity index (χ0v) is 16.5. The van der Waals surface area contributed by atoms with E-state index in [9.17, 15) is 9.59 Å². The van der Waals surface area contributed by atoms with Gasteiger partial charge in [-0.05, 0) is 66.3 Å². The van der Waals surface area contributed by atoms with Crippen molar-refractivity contribution in [3.63, 3.8) is 0 Å². The second-order valence-corrected chi connectivity index (χ2v) is 7.98. The molecule has 2 aromatic carbocycles. The molecule has 0 spiro atoms. The molecule has 1 aromatic heterocycles. The lowest BCUT2D eigenvalue weighted by Gasteiger charge is -2.26. The number of likely N-dealkylation sites (tertiary alicyclic amines) is 1. The summed E-state index contributed by atoms with van der Waals surface area (Å²) in [4.78, 5) is 33.2. The fourth-order valence-electron chi connectivity index (χ4n) is 4.45. The summed E-state index contributed by atoms with van der Waals surface area (Å²) < 4.78 is 0.